The van der Waals surface area contributed by atoms with Gasteiger partial charge in [-0.3, -0.25) is 0 Å². The minimum absolute atomic E-state index is 0.220. The van der Waals surface area contributed by atoms with Crippen LogP contribution in [0.1, 0.15) is 29.2 Å². The van der Waals surface area contributed by atoms with E-state index < -0.39 is 0 Å². The molecule has 0 saturated heterocycles. The van der Waals surface area contributed by atoms with E-state index in [-0.39, 0.29) is 6.04 Å². The second kappa shape index (κ2) is 5.17. The maximum Gasteiger partial charge on any atom is 0.105 e. The molecule has 16 heavy (non-hydrogen) atoms. The molecular formula is C12H14BrNOS. The summed E-state index contributed by atoms with van der Waals surface area (Å²) in [5.41, 5.74) is 1.21. The average Bonchev–Trinajstić information content (AvgIpc) is 2.84. The van der Waals surface area contributed by atoms with Gasteiger partial charge in [0.25, 0.3) is 0 Å². The van der Waals surface area contributed by atoms with Crippen LogP contribution in [0.4, 0.5) is 0 Å². The van der Waals surface area contributed by atoms with Gasteiger partial charge in [0.2, 0.25) is 0 Å². The van der Waals surface area contributed by atoms with Crippen molar-refractivity contribution >= 4 is 27.3 Å². The smallest absolute Gasteiger partial charge is 0.105 e. The van der Waals surface area contributed by atoms with E-state index in [1.54, 1.807) is 17.6 Å². The van der Waals surface area contributed by atoms with Gasteiger partial charge in [0, 0.05) is 14.9 Å². The lowest BCUT2D eigenvalue weighted by Crippen LogP contribution is -2.21. The van der Waals surface area contributed by atoms with E-state index in [0.29, 0.717) is 0 Å². The first kappa shape index (κ1) is 11.9. The molecule has 1 N–H and O–H groups in total. The Morgan fingerprint density at radius 3 is 2.81 bits per heavy atom. The Kier molecular flexibility index (Phi) is 3.84. The number of rotatable bonds is 4. The average molecular weight is 300 g/mol. The molecule has 0 aromatic carbocycles. The standard InChI is InChI=1S/C12H14BrNOS/c1-3-14-11(9-4-6-15-8(9)2)12-10(13)5-7-16-12/h4-7,11,14H,3H2,1-2H3. The third kappa shape index (κ3) is 2.24. The van der Waals surface area contributed by atoms with Crippen molar-refractivity contribution in [1.29, 1.82) is 0 Å². The van der Waals surface area contributed by atoms with Crippen molar-refractivity contribution in [3.05, 3.63) is 44.4 Å². The number of hydrogen-bond acceptors (Lipinski definition) is 3. The van der Waals surface area contributed by atoms with Crippen LogP contribution >= 0.6 is 27.3 Å². The lowest BCUT2D eigenvalue weighted by Gasteiger charge is -2.16. The van der Waals surface area contributed by atoms with Gasteiger partial charge < -0.3 is 9.73 Å². The van der Waals surface area contributed by atoms with Crippen LogP contribution in [0.5, 0.6) is 0 Å². The first-order valence-corrected chi connectivity index (χ1v) is 6.91. The van der Waals surface area contributed by atoms with Crippen LogP contribution in [0.3, 0.4) is 0 Å². The molecule has 1 unspecified atom stereocenters. The SMILES string of the molecule is CCNC(c1ccoc1C)c1sccc1Br. The molecule has 0 amide bonds. The second-order valence-corrected chi connectivity index (χ2v) is 5.36. The number of thiophene rings is 1. The molecule has 0 aliphatic rings. The predicted octanol–water partition coefficient (Wildman–Crippen LogP) is 4.11. The summed E-state index contributed by atoms with van der Waals surface area (Å²) in [7, 11) is 0. The highest BCUT2D eigenvalue weighted by atomic mass is 79.9. The molecule has 0 fully saturated rings. The van der Waals surface area contributed by atoms with Crippen LogP contribution in [0.2, 0.25) is 0 Å². The van der Waals surface area contributed by atoms with E-state index in [2.05, 4.69) is 39.6 Å². The van der Waals surface area contributed by atoms with E-state index in [1.165, 1.54) is 10.4 Å². The Bertz CT molecular complexity index is 423. The van der Waals surface area contributed by atoms with E-state index in [4.69, 9.17) is 4.42 Å². The van der Waals surface area contributed by atoms with Gasteiger partial charge in [-0.25, -0.2) is 0 Å². The maximum atomic E-state index is 5.38. The van der Waals surface area contributed by atoms with Crippen LogP contribution < -0.4 is 5.32 Å². The summed E-state index contributed by atoms with van der Waals surface area (Å²) >= 11 is 5.34. The Morgan fingerprint density at radius 2 is 2.31 bits per heavy atom. The van der Waals surface area contributed by atoms with Gasteiger partial charge >= 0.3 is 0 Å². The van der Waals surface area contributed by atoms with Crippen molar-refractivity contribution < 1.29 is 4.42 Å². The molecule has 0 aliphatic heterocycles. The summed E-state index contributed by atoms with van der Waals surface area (Å²) in [6, 6.07) is 4.34. The maximum absolute atomic E-state index is 5.38. The predicted molar refractivity (Wildman–Crippen MR) is 71.0 cm³/mol. The molecule has 2 heterocycles. The van der Waals surface area contributed by atoms with Crippen molar-refractivity contribution in [2.24, 2.45) is 0 Å². The molecule has 0 aliphatic carbocycles. The quantitative estimate of drug-likeness (QED) is 0.919. The van der Waals surface area contributed by atoms with Gasteiger partial charge in [-0.1, -0.05) is 6.92 Å². The normalized spacial score (nSPS) is 12.9. The molecule has 0 radical (unpaired) electrons. The monoisotopic (exact) mass is 299 g/mol. The summed E-state index contributed by atoms with van der Waals surface area (Å²) in [6.45, 7) is 5.05. The van der Waals surface area contributed by atoms with Crippen molar-refractivity contribution in [2.75, 3.05) is 6.54 Å². The lowest BCUT2D eigenvalue weighted by atomic mass is 10.1. The van der Waals surface area contributed by atoms with Gasteiger partial charge in [0.05, 0.1) is 12.3 Å². The zero-order valence-electron chi connectivity index (χ0n) is 9.29. The van der Waals surface area contributed by atoms with Crippen molar-refractivity contribution in [2.45, 2.75) is 19.9 Å². The van der Waals surface area contributed by atoms with Crippen molar-refractivity contribution in [1.82, 2.24) is 5.32 Å². The van der Waals surface area contributed by atoms with Gasteiger partial charge in [0.1, 0.15) is 5.76 Å². The molecule has 2 aromatic rings. The van der Waals surface area contributed by atoms with E-state index in [9.17, 15) is 0 Å². The molecule has 2 aromatic heterocycles. The van der Waals surface area contributed by atoms with Crippen LogP contribution in [-0.4, -0.2) is 6.54 Å². The molecule has 0 saturated carbocycles. The highest BCUT2D eigenvalue weighted by Crippen LogP contribution is 2.34. The summed E-state index contributed by atoms with van der Waals surface area (Å²) in [5.74, 6) is 0.978. The van der Waals surface area contributed by atoms with Crippen LogP contribution in [0.25, 0.3) is 0 Å². The zero-order valence-corrected chi connectivity index (χ0v) is 11.7. The second-order valence-electron chi connectivity index (χ2n) is 3.56. The Morgan fingerprint density at radius 1 is 1.50 bits per heavy atom. The van der Waals surface area contributed by atoms with E-state index >= 15 is 0 Å². The Hall–Kier alpha value is -0.580. The van der Waals surface area contributed by atoms with Crippen LogP contribution in [0, 0.1) is 6.92 Å². The van der Waals surface area contributed by atoms with Crippen LogP contribution in [0.15, 0.2) is 32.7 Å². The summed E-state index contributed by atoms with van der Waals surface area (Å²) < 4.78 is 6.54. The minimum atomic E-state index is 0.220. The third-order valence-electron chi connectivity index (χ3n) is 2.53. The van der Waals surface area contributed by atoms with Gasteiger partial charge in [0.15, 0.2) is 0 Å². The Balaban J connectivity index is 2.39. The van der Waals surface area contributed by atoms with E-state index in [0.717, 1.165) is 16.8 Å². The molecular weight excluding hydrogens is 286 g/mol. The summed E-state index contributed by atoms with van der Waals surface area (Å²) in [4.78, 5) is 1.30. The third-order valence-corrected chi connectivity index (χ3v) is 4.46. The fraction of sp³-hybridized carbons (Fsp3) is 0.333. The molecule has 2 nitrogen and oxygen atoms in total. The number of aryl methyl sites for hydroxylation is 1. The van der Waals surface area contributed by atoms with Gasteiger partial charge in [-0.2, -0.15) is 0 Å². The lowest BCUT2D eigenvalue weighted by molar-refractivity contribution is 0.520. The summed E-state index contributed by atoms with van der Waals surface area (Å²) in [5, 5.41) is 5.59. The number of halogens is 1. The minimum Gasteiger partial charge on any atom is -0.469 e. The Labute approximate surface area is 108 Å². The number of furan rings is 1. The van der Waals surface area contributed by atoms with Crippen molar-refractivity contribution in [3.63, 3.8) is 0 Å². The topological polar surface area (TPSA) is 25.2 Å². The van der Waals surface area contributed by atoms with Crippen LogP contribution in [-0.2, 0) is 0 Å². The van der Waals surface area contributed by atoms with E-state index in [1.807, 2.05) is 13.0 Å². The highest BCUT2D eigenvalue weighted by molar-refractivity contribution is 9.10. The highest BCUT2D eigenvalue weighted by Gasteiger charge is 2.20. The molecule has 0 spiro atoms. The largest absolute Gasteiger partial charge is 0.469 e. The molecule has 2 rings (SSSR count). The first-order valence-electron chi connectivity index (χ1n) is 5.24. The number of nitrogens with one attached hydrogen (secondary N) is 1. The molecule has 0 bridgehead atoms. The molecule has 1 atom stereocenters. The zero-order chi connectivity index (χ0) is 11.5. The fourth-order valence-corrected chi connectivity index (χ4v) is 3.45. The van der Waals surface area contributed by atoms with Gasteiger partial charge in [-0.05, 0) is 46.9 Å². The summed E-state index contributed by atoms with van der Waals surface area (Å²) in [6.07, 6.45) is 1.75. The van der Waals surface area contributed by atoms with Gasteiger partial charge in [-0.15, -0.1) is 11.3 Å². The first-order chi connectivity index (χ1) is 7.74. The number of hydrogen-bond donors (Lipinski definition) is 1. The molecule has 86 valence electrons. The van der Waals surface area contributed by atoms with Crippen molar-refractivity contribution in [3.8, 4) is 0 Å². The molecule has 4 heteroatoms. The fourth-order valence-electron chi connectivity index (χ4n) is 1.75.